The van der Waals surface area contributed by atoms with Crippen molar-refractivity contribution < 1.29 is 18.7 Å². The molecule has 0 fully saturated rings. The van der Waals surface area contributed by atoms with Crippen LogP contribution in [-0.2, 0) is 4.74 Å². The van der Waals surface area contributed by atoms with Gasteiger partial charge >= 0.3 is 5.97 Å². The number of aldehydes is 1. The van der Waals surface area contributed by atoms with E-state index in [4.69, 9.17) is 9.15 Å². The van der Waals surface area contributed by atoms with Crippen molar-refractivity contribution in [3.05, 3.63) is 47.9 Å². The van der Waals surface area contributed by atoms with Crippen LogP contribution in [0.2, 0.25) is 0 Å². The average molecular weight is 244 g/mol. The summed E-state index contributed by atoms with van der Waals surface area (Å²) in [6.07, 6.45) is 2.12. The molecule has 4 nitrogen and oxygen atoms in total. The lowest BCUT2D eigenvalue weighted by molar-refractivity contribution is 0.0526. The smallest absolute Gasteiger partial charge is 0.338 e. The quantitative estimate of drug-likeness (QED) is 0.613. The molecular weight excluding hydrogens is 232 g/mol. The van der Waals surface area contributed by atoms with Crippen molar-refractivity contribution in [2.45, 2.75) is 6.92 Å². The second-order valence-corrected chi connectivity index (χ2v) is 3.61. The zero-order valence-corrected chi connectivity index (χ0v) is 9.88. The summed E-state index contributed by atoms with van der Waals surface area (Å²) >= 11 is 0. The molecule has 0 aliphatic heterocycles. The van der Waals surface area contributed by atoms with Crippen molar-refractivity contribution in [3.63, 3.8) is 0 Å². The minimum Gasteiger partial charge on any atom is -0.462 e. The van der Waals surface area contributed by atoms with Crippen molar-refractivity contribution in [1.82, 2.24) is 0 Å². The molecule has 0 saturated carbocycles. The molecule has 92 valence electrons. The number of hydrogen-bond acceptors (Lipinski definition) is 4. The Morgan fingerprint density at radius 3 is 2.61 bits per heavy atom. The van der Waals surface area contributed by atoms with Gasteiger partial charge in [0.05, 0.1) is 18.4 Å². The lowest BCUT2D eigenvalue weighted by atomic mass is 10.0. The Hall–Kier alpha value is -2.36. The van der Waals surface area contributed by atoms with E-state index in [1.165, 1.54) is 6.26 Å². The van der Waals surface area contributed by atoms with Crippen molar-refractivity contribution in [3.8, 4) is 11.1 Å². The molecule has 0 aliphatic rings. The van der Waals surface area contributed by atoms with Gasteiger partial charge in [-0.3, -0.25) is 4.79 Å². The number of esters is 1. The van der Waals surface area contributed by atoms with E-state index in [0.717, 1.165) is 5.56 Å². The highest BCUT2D eigenvalue weighted by Crippen LogP contribution is 2.24. The summed E-state index contributed by atoms with van der Waals surface area (Å²) in [4.78, 5) is 22.2. The summed E-state index contributed by atoms with van der Waals surface area (Å²) in [6, 6.07) is 8.54. The van der Waals surface area contributed by atoms with Gasteiger partial charge in [0, 0.05) is 5.56 Å². The Morgan fingerprint density at radius 1 is 1.28 bits per heavy atom. The van der Waals surface area contributed by atoms with Gasteiger partial charge in [-0.25, -0.2) is 4.79 Å². The molecule has 0 aliphatic carbocycles. The monoisotopic (exact) mass is 244 g/mol. The fourth-order valence-electron chi connectivity index (χ4n) is 1.65. The maximum absolute atomic E-state index is 11.5. The number of rotatable bonds is 4. The van der Waals surface area contributed by atoms with Crippen LogP contribution < -0.4 is 0 Å². The molecule has 0 bridgehead atoms. The molecule has 1 aromatic carbocycles. The molecule has 0 unspecified atom stereocenters. The summed E-state index contributed by atoms with van der Waals surface area (Å²) in [5.41, 5.74) is 2.01. The van der Waals surface area contributed by atoms with Crippen LogP contribution in [0.1, 0.15) is 27.8 Å². The average Bonchev–Trinajstić information content (AvgIpc) is 2.87. The standard InChI is InChI=1S/C14H12O4/c1-2-17-14(16)11-5-3-10(4-6-11)12-7-8-18-13(12)9-15/h3-9H,2H2,1H3. The SMILES string of the molecule is CCOC(=O)c1ccc(-c2ccoc2C=O)cc1. The van der Waals surface area contributed by atoms with Crippen molar-refractivity contribution in [1.29, 1.82) is 0 Å². The van der Waals surface area contributed by atoms with E-state index >= 15 is 0 Å². The van der Waals surface area contributed by atoms with Crippen LogP contribution in [0.5, 0.6) is 0 Å². The van der Waals surface area contributed by atoms with Gasteiger partial charge in [0.1, 0.15) is 0 Å². The normalized spacial score (nSPS) is 10.1. The van der Waals surface area contributed by atoms with Gasteiger partial charge in [-0.15, -0.1) is 0 Å². The van der Waals surface area contributed by atoms with E-state index in [2.05, 4.69) is 0 Å². The number of hydrogen-bond donors (Lipinski definition) is 0. The minimum atomic E-state index is -0.355. The molecule has 0 spiro atoms. The van der Waals surface area contributed by atoms with Gasteiger partial charge in [-0.05, 0) is 30.7 Å². The molecule has 1 heterocycles. The minimum absolute atomic E-state index is 0.277. The first-order valence-electron chi connectivity index (χ1n) is 5.56. The highest BCUT2D eigenvalue weighted by molar-refractivity contribution is 5.91. The summed E-state index contributed by atoms with van der Waals surface area (Å²) in [6.45, 7) is 2.10. The van der Waals surface area contributed by atoms with Crippen LogP contribution in [0.4, 0.5) is 0 Å². The summed E-state index contributed by atoms with van der Waals surface area (Å²) in [5, 5.41) is 0. The van der Waals surface area contributed by atoms with Gasteiger partial charge in [0.15, 0.2) is 12.0 Å². The zero-order chi connectivity index (χ0) is 13.0. The van der Waals surface area contributed by atoms with E-state index in [1.807, 2.05) is 0 Å². The number of benzene rings is 1. The molecule has 4 heteroatoms. The lowest BCUT2D eigenvalue weighted by Gasteiger charge is -2.03. The second-order valence-electron chi connectivity index (χ2n) is 3.61. The Morgan fingerprint density at radius 2 is 2.00 bits per heavy atom. The molecule has 0 amide bonds. The van der Waals surface area contributed by atoms with Crippen LogP contribution >= 0.6 is 0 Å². The van der Waals surface area contributed by atoms with Gasteiger partial charge in [0.25, 0.3) is 0 Å². The largest absolute Gasteiger partial charge is 0.462 e. The fourth-order valence-corrected chi connectivity index (χ4v) is 1.65. The number of furan rings is 1. The second kappa shape index (κ2) is 5.31. The summed E-state index contributed by atoms with van der Waals surface area (Å²) in [7, 11) is 0. The molecule has 2 aromatic rings. The molecular formula is C14H12O4. The summed E-state index contributed by atoms with van der Waals surface area (Å²) in [5.74, 6) is -0.0780. The Kier molecular flexibility index (Phi) is 3.57. The molecule has 18 heavy (non-hydrogen) atoms. The van der Waals surface area contributed by atoms with E-state index in [9.17, 15) is 9.59 Å². The molecule has 0 atom stereocenters. The Labute approximate surface area is 104 Å². The maximum Gasteiger partial charge on any atom is 0.338 e. The van der Waals surface area contributed by atoms with E-state index in [0.29, 0.717) is 24.0 Å². The van der Waals surface area contributed by atoms with Crippen LogP contribution in [0.15, 0.2) is 41.0 Å². The molecule has 0 N–H and O–H groups in total. The third-order valence-corrected chi connectivity index (χ3v) is 2.51. The van der Waals surface area contributed by atoms with Gasteiger partial charge in [0.2, 0.25) is 0 Å². The Balaban J connectivity index is 2.27. The van der Waals surface area contributed by atoms with Gasteiger partial charge in [-0.2, -0.15) is 0 Å². The molecule has 1 aromatic heterocycles. The van der Waals surface area contributed by atoms with Crippen LogP contribution in [0, 0.1) is 0 Å². The first kappa shape index (κ1) is 12.1. The van der Waals surface area contributed by atoms with E-state index < -0.39 is 0 Å². The number of carbonyl (C=O) groups is 2. The van der Waals surface area contributed by atoms with Crippen LogP contribution in [0.25, 0.3) is 11.1 Å². The molecule has 0 radical (unpaired) electrons. The first-order valence-corrected chi connectivity index (χ1v) is 5.56. The van der Waals surface area contributed by atoms with Crippen molar-refractivity contribution in [2.24, 2.45) is 0 Å². The van der Waals surface area contributed by atoms with Gasteiger partial charge < -0.3 is 9.15 Å². The topological polar surface area (TPSA) is 56.5 Å². The number of carbonyl (C=O) groups excluding carboxylic acids is 2. The first-order chi connectivity index (χ1) is 8.76. The van der Waals surface area contributed by atoms with E-state index in [1.54, 1.807) is 37.3 Å². The molecule has 0 saturated heterocycles. The third kappa shape index (κ3) is 2.32. The number of ether oxygens (including phenoxy) is 1. The van der Waals surface area contributed by atoms with Crippen molar-refractivity contribution in [2.75, 3.05) is 6.61 Å². The van der Waals surface area contributed by atoms with Crippen LogP contribution in [-0.4, -0.2) is 18.9 Å². The summed E-state index contributed by atoms with van der Waals surface area (Å²) < 4.78 is 9.91. The highest BCUT2D eigenvalue weighted by atomic mass is 16.5. The highest BCUT2D eigenvalue weighted by Gasteiger charge is 2.10. The predicted octanol–water partition coefficient (Wildman–Crippen LogP) is 2.94. The predicted molar refractivity (Wildman–Crippen MR) is 65.5 cm³/mol. The van der Waals surface area contributed by atoms with Gasteiger partial charge in [-0.1, -0.05) is 12.1 Å². The fraction of sp³-hybridized carbons (Fsp3) is 0.143. The Bertz CT molecular complexity index is 551. The molecule has 2 rings (SSSR count). The van der Waals surface area contributed by atoms with Crippen molar-refractivity contribution >= 4 is 12.3 Å². The lowest BCUT2D eigenvalue weighted by Crippen LogP contribution is -2.04. The zero-order valence-electron chi connectivity index (χ0n) is 9.88. The third-order valence-electron chi connectivity index (χ3n) is 2.51. The van der Waals surface area contributed by atoms with E-state index in [-0.39, 0.29) is 11.7 Å². The van der Waals surface area contributed by atoms with Crippen LogP contribution in [0.3, 0.4) is 0 Å². The maximum atomic E-state index is 11.5.